The summed E-state index contributed by atoms with van der Waals surface area (Å²) in [6.07, 6.45) is 1.57. The molecule has 8 heteroatoms. The maximum absolute atomic E-state index is 13.5. The van der Waals surface area contributed by atoms with Crippen LogP contribution in [-0.4, -0.2) is 21.5 Å². The quantitative estimate of drug-likeness (QED) is 0.219. The zero-order valence-electron chi connectivity index (χ0n) is 18.9. The van der Waals surface area contributed by atoms with Gasteiger partial charge in [0, 0.05) is 23.0 Å². The molecule has 174 valence electrons. The lowest BCUT2D eigenvalue weighted by molar-refractivity contribution is -0.122. The number of benzene rings is 3. The molecule has 0 bridgehead atoms. The van der Waals surface area contributed by atoms with Crippen LogP contribution in [0.4, 0.5) is 5.69 Å². The van der Waals surface area contributed by atoms with Crippen LogP contribution in [0.15, 0.2) is 78.4 Å². The third-order valence-electron chi connectivity index (χ3n) is 5.77. The van der Waals surface area contributed by atoms with Crippen LogP contribution in [0.3, 0.4) is 0 Å². The number of halogens is 1. The van der Waals surface area contributed by atoms with Crippen LogP contribution in [0, 0.1) is 6.92 Å². The van der Waals surface area contributed by atoms with Crippen LogP contribution in [0.2, 0.25) is 5.02 Å². The van der Waals surface area contributed by atoms with Gasteiger partial charge in [-0.05, 0) is 73.2 Å². The Balaban J connectivity index is 1.65. The number of ether oxygens (including phenoxy) is 1. The molecule has 0 atom stereocenters. The lowest BCUT2D eigenvalue weighted by Gasteiger charge is -2.29. The molecule has 6 nitrogen and oxygen atoms in total. The van der Waals surface area contributed by atoms with E-state index in [0.717, 1.165) is 16.5 Å². The number of rotatable bonds is 4. The van der Waals surface area contributed by atoms with Gasteiger partial charge >= 0.3 is 0 Å². The molecular formula is C27H20ClN3O3S. The smallest absolute Gasteiger partial charge is 0.270 e. The van der Waals surface area contributed by atoms with Gasteiger partial charge in [0.15, 0.2) is 5.11 Å². The topological polar surface area (TPSA) is 63.6 Å². The second-order valence-corrected chi connectivity index (χ2v) is 8.97. The number of nitrogens with one attached hydrogen (secondary N) is 1. The number of hydrogen-bond acceptors (Lipinski definition) is 4. The zero-order valence-corrected chi connectivity index (χ0v) is 20.5. The standard InChI is InChI=1S/C27H20ClN3O3S/c1-16-6-5-7-19(14-16)34-26-21(20-8-3-4-9-23(20)30(26)2)15-22-24(32)29-27(35)31(25(22)33)18-12-10-17(28)11-13-18/h3-15H,1-2H3,(H,29,32,35). The Morgan fingerprint density at radius 1 is 1.00 bits per heavy atom. The number of amides is 2. The van der Waals surface area contributed by atoms with Crippen molar-refractivity contribution < 1.29 is 14.3 Å². The largest absolute Gasteiger partial charge is 0.440 e. The molecule has 1 aromatic heterocycles. The summed E-state index contributed by atoms with van der Waals surface area (Å²) in [4.78, 5) is 27.7. The number of hydrogen-bond donors (Lipinski definition) is 1. The molecule has 0 saturated carbocycles. The normalized spacial score (nSPS) is 15.1. The van der Waals surface area contributed by atoms with Gasteiger partial charge in [0.2, 0.25) is 5.88 Å². The van der Waals surface area contributed by atoms with Gasteiger partial charge in [-0.1, -0.05) is 41.9 Å². The van der Waals surface area contributed by atoms with Crippen LogP contribution < -0.4 is 15.0 Å². The van der Waals surface area contributed by atoms with Crippen LogP contribution in [0.25, 0.3) is 17.0 Å². The molecule has 1 aliphatic heterocycles. The van der Waals surface area contributed by atoms with E-state index in [1.165, 1.54) is 4.90 Å². The van der Waals surface area contributed by atoms with Crippen LogP contribution >= 0.6 is 23.8 Å². The second-order valence-electron chi connectivity index (χ2n) is 8.15. The molecule has 2 amide bonds. The van der Waals surface area contributed by atoms with Crippen LogP contribution in [0.1, 0.15) is 11.1 Å². The first-order chi connectivity index (χ1) is 16.8. The van der Waals surface area contributed by atoms with E-state index in [0.29, 0.717) is 27.9 Å². The highest BCUT2D eigenvalue weighted by molar-refractivity contribution is 7.80. The number of carbonyl (C=O) groups is 2. The number of anilines is 1. The molecule has 5 rings (SSSR count). The first-order valence-corrected chi connectivity index (χ1v) is 11.6. The molecule has 35 heavy (non-hydrogen) atoms. The Bertz CT molecular complexity index is 1540. The van der Waals surface area contributed by atoms with Gasteiger partial charge in [0.05, 0.1) is 11.2 Å². The first-order valence-electron chi connectivity index (χ1n) is 10.8. The Hall–Kier alpha value is -3.94. The maximum atomic E-state index is 13.5. The van der Waals surface area contributed by atoms with E-state index in [9.17, 15) is 9.59 Å². The molecule has 0 radical (unpaired) electrons. The molecule has 3 aromatic carbocycles. The average molecular weight is 502 g/mol. The Labute approximate surface area is 212 Å². The van der Waals surface area contributed by atoms with E-state index >= 15 is 0 Å². The van der Waals surface area contributed by atoms with Crippen molar-refractivity contribution in [2.45, 2.75) is 6.92 Å². The highest BCUT2D eigenvalue weighted by Gasteiger charge is 2.35. The van der Waals surface area contributed by atoms with E-state index < -0.39 is 11.8 Å². The molecule has 1 saturated heterocycles. The predicted octanol–water partition coefficient (Wildman–Crippen LogP) is 5.76. The highest BCUT2D eigenvalue weighted by atomic mass is 35.5. The Morgan fingerprint density at radius 2 is 1.74 bits per heavy atom. The third-order valence-corrected chi connectivity index (χ3v) is 6.31. The van der Waals surface area contributed by atoms with E-state index in [-0.39, 0.29) is 10.7 Å². The molecule has 1 fully saturated rings. The zero-order chi connectivity index (χ0) is 24.7. The van der Waals surface area contributed by atoms with Gasteiger partial charge in [0.25, 0.3) is 11.8 Å². The monoisotopic (exact) mass is 501 g/mol. The lowest BCUT2D eigenvalue weighted by atomic mass is 10.1. The highest BCUT2D eigenvalue weighted by Crippen LogP contribution is 2.37. The molecule has 1 aliphatic rings. The van der Waals surface area contributed by atoms with Crippen molar-refractivity contribution in [2.24, 2.45) is 7.05 Å². The number of aromatic nitrogens is 1. The summed E-state index contributed by atoms with van der Waals surface area (Å²) in [5.74, 6) is 0.0604. The van der Waals surface area contributed by atoms with Gasteiger partial charge in [-0.25, -0.2) is 0 Å². The summed E-state index contributed by atoms with van der Waals surface area (Å²) in [6, 6.07) is 22.1. The van der Waals surface area contributed by atoms with E-state index in [1.54, 1.807) is 30.3 Å². The van der Waals surface area contributed by atoms with E-state index in [1.807, 2.05) is 67.1 Å². The average Bonchev–Trinajstić information content (AvgIpc) is 3.09. The summed E-state index contributed by atoms with van der Waals surface area (Å²) in [5.41, 5.74) is 3.02. The van der Waals surface area contributed by atoms with Gasteiger partial charge in [-0.3, -0.25) is 19.8 Å². The Morgan fingerprint density at radius 3 is 2.49 bits per heavy atom. The van der Waals surface area contributed by atoms with Crippen molar-refractivity contribution >= 4 is 63.4 Å². The number of fused-ring (bicyclic) bond motifs is 1. The lowest BCUT2D eigenvalue weighted by Crippen LogP contribution is -2.54. The van der Waals surface area contributed by atoms with E-state index in [2.05, 4.69) is 5.32 Å². The number of nitrogens with zero attached hydrogens (tertiary/aromatic N) is 2. The summed E-state index contributed by atoms with van der Waals surface area (Å²) in [6.45, 7) is 1.98. The van der Waals surface area contributed by atoms with Crippen LogP contribution in [0.5, 0.6) is 11.6 Å². The maximum Gasteiger partial charge on any atom is 0.270 e. The minimum absolute atomic E-state index is 0.00799. The molecule has 0 unspecified atom stereocenters. The van der Waals surface area contributed by atoms with Gasteiger partial charge in [0.1, 0.15) is 11.3 Å². The van der Waals surface area contributed by atoms with Crippen molar-refractivity contribution in [3.63, 3.8) is 0 Å². The van der Waals surface area contributed by atoms with Crippen molar-refractivity contribution in [2.75, 3.05) is 4.90 Å². The summed E-state index contributed by atoms with van der Waals surface area (Å²) >= 11 is 11.3. The minimum atomic E-state index is -0.570. The summed E-state index contributed by atoms with van der Waals surface area (Å²) < 4.78 is 8.18. The predicted molar refractivity (Wildman–Crippen MR) is 142 cm³/mol. The van der Waals surface area contributed by atoms with Crippen LogP contribution in [-0.2, 0) is 16.6 Å². The fourth-order valence-electron chi connectivity index (χ4n) is 4.08. The first kappa shape index (κ1) is 22.8. The molecule has 2 heterocycles. The molecular weight excluding hydrogens is 482 g/mol. The summed E-state index contributed by atoms with van der Waals surface area (Å²) in [7, 11) is 1.88. The fraction of sp³-hybridized carbons (Fsp3) is 0.0741. The molecule has 4 aromatic rings. The molecule has 0 aliphatic carbocycles. The second kappa shape index (κ2) is 9.02. The number of para-hydroxylation sites is 1. The molecule has 0 spiro atoms. The third kappa shape index (κ3) is 4.20. The summed E-state index contributed by atoms with van der Waals surface area (Å²) in [5, 5.41) is 4.00. The van der Waals surface area contributed by atoms with Gasteiger partial charge < -0.3 is 9.30 Å². The van der Waals surface area contributed by atoms with Crippen molar-refractivity contribution in [1.82, 2.24) is 9.88 Å². The van der Waals surface area contributed by atoms with Crippen molar-refractivity contribution in [3.8, 4) is 11.6 Å². The van der Waals surface area contributed by atoms with Crippen molar-refractivity contribution in [1.29, 1.82) is 0 Å². The van der Waals surface area contributed by atoms with Crippen molar-refractivity contribution in [3.05, 3.63) is 94.5 Å². The minimum Gasteiger partial charge on any atom is -0.440 e. The Kier molecular flexibility index (Phi) is 5.88. The van der Waals surface area contributed by atoms with E-state index in [4.69, 9.17) is 28.6 Å². The number of aryl methyl sites for hydroxylation is 2. The number of thiocarbonyl (C=S) groups is 1. The number of carbonyl (C=O) groups excluding carboxylic acids is 2. The fourth-order valence-corrected chi connectivity index (χ4v) is 4.49. The SMILES string of the molecule is Cc1cccc(Oc2c(C=C3C(=O)NC(=S)N(c4ccc(Cl)cc4)C3=O)c3ccccc3n2C)c1. The molecule has 1 N–H and O–H groups in total. The van der Waals surface area contributed by atoms with Gasteiger partial charge in [-0.15, -0.1) is 0 Å². The van der Waals surface area contributed by atoms with Gasteiger partial charge in [-0.2, -0.15) is 0 Å².